The van der Waals surface area contributed by atoms with Gasteiger partial charge < -0.3 is 16.2 Å². The van der Waals surface area contributed by atoms with E-state index in [9.17, 15) is 9.59 Å². The molecule has 1 saturated carbocycles. The highest BCUT2D eigenvalue weighted by Gasteiger charge is 2.26. The summed E-state index contributed by atoms with van der Waals surface area (Å²) >= 11 is 0. The number of carbonyl (C=O) groups excluding carboxylic acids is 1. The first kappa shape index (κ1) is 14.3. The standard InChI is InChI=1S/C14H19N3O3/c15-10-3-6-12(16-8-10)7-13(18)17-11-4-1-9(2-5-11)14(19)20/h3,6,8-9,11H,1-2,4-5,7,15H2,(H,17,18)(H,19,20). The number of nitrogen functional groups attached to an aromatic ring is 1. The smallest absolute Gasteiger partial charge is 0.306 e. The molecule has 0 radical (unpaired) electrons. The molecule has 0 aromatic carbocycles. The predicted octanol–water partition coefficient (Wildman–Crippen LogP) is 0.966. The minimum Gasteiger partial charge on any atom is -0.481 e. The number of aromatic nitrogens is 1. The van der Waals surface area contributed by atoms with Gasteiger partial charge in [-0.1, -0.05) is 0 Å². The van der Waals surface area contributed by atoms with E-state index < -0.39 is 5.97 Å². The lowest BCUT2D eigenvalue weighted by molar-refractivity contribution is -0.142. The SMILES string of the molecule is Nc1ccc(CC(=O)NC2CCC(C(=O)O)CC2)nc1. The van der Waals surface area contributed by atoms with E-state index in [0.717, 1.165) is 12.8 Å². The van der Waals surface area contributed by atoms with E-state index in [4.69, 9.17) is 10.8 Å². The van der Waals surface area contributed by atoms with E-state index >= 15 is 0 Å². The number of hydrogen-bond donors (Lipinski definition) is 3. The van der Waals surface area contributed by atoms with E-state index in [1.807, 2.05) is 0 Å². The van der Waals surface area contributed by atoms with E-state index in [0.29, 0.717) is 24.2 Å². The number of aliphatic carboxylic acids is 1. The number of pyridine rings is 1. The van der Waals surface area contributed by atoms with Gasteiger partial charge in [-0.05, 0) is 37.8 Å². The van der Waals surface area contributed by atoms with Gasteiger partial charge in [0, 0.05) is 11.7 Å². The molecule has 1 aliphatic rings. The van der Waals surface area contributed by atoms with Gasteiger partial charge in [0.1, 0.15) is 0 Å². The van der Waals surface area contributed by atoms with Crippen LogP contribution in [0.3, 0.4) is 0 Å². The molecule has 0 atom stereocenters. The fraction of sp³-hybridized carbons (Fsp3) is 0.500. The molecular formula is C14H19N3O3. The molecule has 6 heteroatoms. The number of carboxylic acid groups (broad SMARTS) is 1. The Morgan fingerprint density at radius 1 is 1.30 bits per heavy atom. The number of nitrogens with zero attached hydrogens (tertiary/aromatic N) is 1. The van der Waals surface area contributed by atoms with Gasteiger partial charge in [-0.25, -0.2) is 0 Å². The fourth-order valence-corrected chi connectivity index (χ4v) is 2.47. The first-order valence-corrected chi connectivity index (χ1v) is 6.77. The maximum Gasteiger partial charge on any atom is 0.306 e. The van der Waals surface area contributed by atoms with Crippen molar-refractivity contribution in [2.24, 2.45) is 5.92 Å². The summed E-state index contributed by atoms with van der Waals surface area (Å²) in [5.74, 6) is -1.08. The second-order valence-corrected chi connectivity index (χ2v) is 5.21. The minimum absolute atomic E-state index is 0.0758. The minimum atomic E-state index is -0.735. The topological polar surface area (TPSA) is 105 Å². The van der Waals surface area contributed by atoms with E-state index in [1.54, 1.807) is 12.1 Å². The highest BCUT2D eigenvalue weighted by molar-refractivity contribution is 5.78. The van der Waals surface area contributed by atoms with Crippen molar-refractivity contribution in [1.82, 2.24) is 10.3 Å². The first-order chi connectivity index (χ1) is 9.54. The molecule has 1 heterocycles. The summed E-state index contributed by atoms with van der Waals surface area (Å²) in [5.41, 5.74) is 6.78. The molecule has 1 aromatic rings. The van der Waals surface area contributed by atoms with Crippen molar-refractivity contribution in [2.75, 3.05) is 5.73 Å². The molecular weight excluding hydrogens is 258 g/mol. The number of rotatable bonds is 4. The van der Waals surface area contributed by atoms with Crippen LogP contribution in [0.1, 0.15) is 31.4 Å². The van der Waals surface area contributed by atoms with Crippen LogP contribution in [0.25, 0.3) is 0 Å². The Morgan fingerprint density at radius 2 is 2.00 bits per heavy atom. The third kappa shape index (κ3) is 3.94. The normalized spacial score (nSPS) is 22.2. The van der Waals surface area contributed by atoms with Gasteiger partial charge in [-0.15, -0.1) is 0 Å². The summed E-state index contributed by atoms with van der Waals surface area (Å²) in [4.78, 5) is 26.8. The van der Waals surface area contributed by atoms with Crippen molar-refractivity contribution in [2.45, 2.75) is 38.1 Å². The quantitative estimate of drug-likeness (QED) is 0.760. The Balaban J connectivity index is 1.78. The summed E-state index contributed by atoms with van der Waals surface area (Å²) < 4.78 is 0. The van der Waals surface area contributed by atoms with Crippen molar-refractivity contribution in [1.29, 1.82) is 0 Å². The Bertz CT molecular complexity index is 479. The lowest BCUT2D eigenvalue weighted by atomic mass is 9.86. The lowest BCUT2D eigenvalue weighted by Gasteiger charge is -2.26. The number of hydrogen-bond acceptors (Lipinski definition) is 4. The largest absolute Gasteiger partial charge is 0.481 e. The molecule has 0 spiro atoms. The molecule has 1 fully saturated rings. The molecule has 2 rings (SSSR count). The third-order valence-corrected chi connectivity index (χ3v) is 3.63. The Kier molecular flexibility index (Phi) is 4.55. The highest BCUT2D eigenvalue weighted by Crippen LogP contribution is 2.24. The molecule has 0 saturated heterocycles. The third-order valence-electron chi connectivity index (χ3n) is 3.63. The fourth-order valence-electron chi connectivity index (χ4n) is 2.47. The van der Waals surface area contributed by atoms with Crippen LogP contribution >= 0.6 is 0 Å². The second kappa shape index (κ2) is 6.36. The van der Waals surface area contributed by atoms with Gasteiger partial charge in [0.25, 0.3) is 0 Å². The maximum absolute atomic E-state index is 11.9. The van der Waals surface area contributed by atoms with Gasteiger partial charge in [0.2, 0.25) is 5.91 Å². The van der Waals surface area contributed by atoms with E-state index in [-0.39, 0.29) is 24.3 Å². The highest BCUT2D eigenvalue weighted by atomic mass is 16.4. The van der Waals surface area contributed by atoms with Gasteiger partial charge in [0.05, 0.1) is 24.2 Å². The average Bonchev–Trinajstić information content (AvgIpc) is 2.42. The van der Waals surface area contributed by atoms with Crippen molar-refractivity contribution >= 4 is 17.6 Å². The molecule has 4 N–H and O–H groups in total. The van der Waals surface area contributed by atoms with Gasteiger partial charge >= 0.3 is 5.97 Å². The summed E-state index contributed by atoms with van der Waals surface area (Å²) in [5, 5.41) is 11.9. The molecule has 0 bridgehead atoms. The van der Waals surface area contributed by atoms with Gasteiger partial charge in [-0.2, -0.15) is 0 Å². The van der Waals surface area contributed by atoms with Gasteiger partial charge in [-0.3, -0.25) is 14.6 Å². The molecule has 1 aromatic heterocycles. The summed E-state index contributed by atoms with van der Waals surface area (Å²) in [6.07, 6.45) is 4.44. The van der Waals surface area contributed by atoms with Crippen LogP contribution in [0.4, 0.5) is 5.69 Å². The molecule has 1 aliphatic carbocycles. The number of nitrogens with two attached hydrogens (primary N) is 1. The van der Waals surface area contributed by atoms with Crippen molar-refractivity contribution in [3.8, 4) is 0 Å². The van der Waals surface area contributed by atoms with Crippen LogP contribution in [0, 0.1) is 5.92 Å². The molecule has 6 nitrogen and oxygen atoms in total. The second-order valence-electron chi connectivity index (χ2n) is 5.21. The van der Waals surface area contributed by atoms with Gasteiger partial charge in [0.15, 0.2) is 0 Å². The summed E-state index contributed by atoms with van der Waals surface area (Å²) in [7, 11) is 0. The molecule has 20 heavy (non-hydrogen) atoms. The Labute approximate surface area is 117 Å². The molecule has 0 unspecified atom stereocenters. The number of anilines is 1. The summed E-state index contributed by atoms with van der Waals surface area (Å²) in [6, 6.07) is 3.52. The first-order valence-electron chi connectivity index (χ1n) is 6.77. The van der Waals surface area contributed by atoms with Crippen molar-refractivity contribution in [3.05, 3.63) is 24.0 Å². The molecule has 0 aliphatic heterocycles. The zero-order chi connectivity index (χ0) is 14.5. The predicted molar refractivity (Wildman–Crippen MR) is 73.9 cm³/mol. The lowest BCUT2D eigenvalue weighted by Crippen LogP contribution is -2.39. The van der Waals surface area contributed by atoms with Crippen LogP contribution in [0.5, 0.6) is 0 Å². The number of carbonyl (C=O) groups is 2. The number of nitrogens with one attached hydrogen (secondary N) is 1. The van der Waals surface area contributed by atoms with Crippen molar-refractivity contribution < 1.29 is 14.7 Å². The molecule has 108 valence electrons. The Morgan fingerprint density at radius 3 is 2.55 bits per heavy atom. The summed E-state index contributed by atoms with van der Waals surface area (Å²) in [6.45, 7) is 0. The van der Waals surface area contributed by atoms with Crippen LogP contribution in [-0.4, -0.2) is 28.0 Å². The number of carboxylic acids is 1. The zero-order valence-corrected chi connectivity index (χ0v) is 11.2. The Hall–Kier alpha value is -2.11. The van der Waals surface area contributed by atoms with Crippen LogP contribution in [0.2, 0.25) is 0 Å². The van der Waals surface area contributed by atoms with Crippen LogP contribution in [0.15, 0.2) is 18.3 Å². The van der Waals surface area contributed by atoms with Crippen LogP contribution in [-0.2, 0) is 16.0 Å². The zero-order valence-electron chi connectivity index (χ0n) is 11.2. The van der Waals surface area contributed by atoms with Crippen LogP contribution < -0.4 is 11.1 Å². The van der Waals surface area contributed by atoms with Crippen molar-refractivity contribution in [3.63, 3.8) is 0 Å². The van der Waals surface area contributed by atoms with E-state index in [1.165, 1.54) is 6.20 Å². The van der Waals surface area contributed by atoms with E-state index in [2.05, 4.69) is 10.3 Å². The average molecular weight is 277 g/mol. The maximum atomic E-state index is 11.9. The molecule has 1 amide bonds. The number of amides is 1. The monoisotopic (exact) mass is 277 g/mol.